The van der Waals surface area contributed by atoms with E-state index < -0.39 is 0 Å². The fourth-order valence-corrected chi connectivity index (χ4v) is 1.85. The fourth-order valence-electron chi connectivity index (χ4n) is 1.85. The Morgan fingerprint density at radius 3 is 2.94 bits per heavy atom. The third-order valence-corrected chi connectivity index (χ3v) is 2.79. The Hall–Kier alpha value is -1.68. The van der Waals surface area contributed by atoms with E-state index in [1.54, 1.807) is 6.20 Å². The average Bonchev–Trinajstić information content (AvgIpc) is 2.32. The molecule has 2 rings (SSSR count). The van der Waals surface area contributed by atoms with E-state index in [1.807, 2.05) is 31.2 Å². The summed E-state index contributed by atoms with van der Waals surface area (Å²) in [5.74, 6) is 0. The normalized spacial score (nSPS) is 12.8. The number of aromatic nitrogens is 2. The van der Waals surface area contributed by atoms with Gasteiger partial charge in [-0.2, -0.15) is 5.10 Å². The van der Waals surface area contributed by atoms with Gasteiger partial charge in [-0.1, -0.05) is 18.2 Å². The van der Waals surface area contributed by atoms with E-state index in [-0.39, 0.29) is 11.6 Å². The molecule has 4 nitrogen and oxygen atoms in total. The first-order valence-electron chi connectivity index (χ1n) is 5.89. The second-order valence-corrected chi connectivity index (χ2v) is 4.38. The van der Waals surface area contributed by atoms with E-state index in [1.165, 1.54) is 4.68 Å². The molecule has 90 valence electrons. The lowest BCUT2D eigenvalue weighted by Crippen LogP contribution is -2.24. The van der Waals surface area contributed by atoms with Crippen molar-refractivity contribution in [3.05, 3.63) is 40.8 Å². The average molecular weight is 231 g/mol. The van der Waals surface area contributed by atoms with Crippen molar-refractivity contribution in [3.8, 4) is 0 Å². The molecule has 1 unspecified atom stereocenters. The Bertz CT molecular complexity index is 560. The van der Waals surface area contributed by atoms with Crippen LogP contribution in [0.25, 0.3) is 10.8 Å². The van der Waals surface area contributed by atoms with Crippen LogP contribution in [0.5, 0.6) is 0 Å². The maximum absolute atomic E-state index is 12.1. The van der Waals surface area contributed by atoms with Crippen LogP contribution in [-0.2, 0) is 6.54 Å². The van der Waals surface area contributed by atoms with Gasteiger partial charge in [0.15, 0.2) is 0 Å². The molecule has 17 heavy (non-hydrogen) atoms. The molecular weight excluding hydrogens is 214 g/mol. The van der Waals surface area contributed by atoms with E-state index in [0.29, 0.717) is 6.54 Å². The molecule has 1 atom stereocenters. The SMILES string of the molecule is CC(N)CCCn1ncc2ccccc2c1=O. The van der Waals surface area contributed by atoms with Gasteiger partial charge >= 0.3 is 0 Å². The lowest BCUT2D eigenvalue weighted by Gasteiger charge is -2.07. The minimum atomic E-state index is -0.0206. The van der Waals surface area contributed by atoms with Crippen molar-refractivity contribution >= 4 is 10.8 Å². The van der Waals surface area contributed by atoms with Crippen molar-refractivity contribution < 1.29 is 0 Å². The Morgan fingerprint density at radius 2 is 2.18 bits per heavy atom. The first kappa shape index (κ1) is 11.8. The maximum atomic E-state index is 12.1. The predicted molar refractivity (Wildman–Crippen MR) is 68.9 cm³/mol. The third kappa shape index (κ3) is 2.71. The number of hydrogen-bond donors (Lipinski definition) is 1. The zero-order valence-corrected chi connectivity index (χ0v) is 9.97. The molecule has 1 aromatic heterocycles. The van der Waals surface area contributed by atoms with Crippen LogP contribution >= 0.6 is 0 Å². The Morgan fingerprint density at radius 1 is 1.41 bits per heavy atom. The molecule has 4 heteroatoms. The standard InChI is InChI=1S/C13H17N3O/c1-10(14)5-4-8-16-13(17)12-7-3-2-6-11(12)9-15-16/h2-3,6-7,9-10H,4-5,8,14H2,1H3. The van der Waals surface area contributed by atoms with Gasteiger partial charge < -0.3 is 5.73 Å². The molecule has 0 radical (unpaired) electrons. The van der Waals surface area contributed by atoms with Gasteiger partial charge in [-0.3, -0.25) is 4.79 Å². The van der Waals surface area contributed by atoms with Crippen LogP contribution in [0.4, 0.5) is 0 Å². The monoisotopic (exact) mass is 231 g/mol. The number of rotatable bonds is 4. The summed E-state index contributed by atoms with van der Waals surface area (Å²) >= 11 is 0. The van der Waals surface area contributed by atoms with Crippen LogP contribution in [0.1, 0.15) is 19.8 Å². The largest absolute Gasteiger partial charge is 0.328 e. The van der Waals surface area contributed by atoms with Gasteiger partial charge in [0.2, 0.25) is 0 Å². The lowest BCUT2D eigenvalue weighted by molar-refractivity contribution is 0.509. The molecular formula is C13H17N3O. The maximum Gasteiger partial charge on any atom is 0.274 e. The van der Waals surface area contributed by atoms with Gasteiger partial charge in [0.05, 0.1) is 11.6 Å². The van der Waals surface area contributed by atoms with Gasteiger partial charge in [-0.05, 0) is 25.8 Å². The van der Waals surface area contributed by atoms with Crippen molar-refractivity contribution in [2.75, 3.05) is 0 Å². The molecule has 0 saturated heterocycles. The van der Waals surface area contributed by atoms with Crippen LogP contribution in [0.2, 0.25) is 0 Å². The molecule has 2 aromatic rings. The molecule has 0 aliphatic carbocycles. The second kappa shape index (κ2) is 5.10. The van der Waals surface area contributed by atoms with Crippen LogP contribution in [-0.4, -0.2) is 15.8 Å². The van der Waals surface area contributed by atoms with Crippen molar-refractivity contribution in [2.45, 2.75) is 32.4 Å². The summed E-state index contributed by atoms with van der Waals surface area (Å²) in [6.07, 6.45) is 3.52. The topological polar surface area (TPSA) is 60.9 Å². The summed E-state index contributed by atoms with van der Waals surface area (Å²) in [6.45, 7) is 2.60. The molecule has 2 N–H and O–H groups in total. The van der Waals surface area contributed by atoms with Crippen LogP contribution in [0.3, 0.4) is 0 Å². The summed E-state index contributed by atoms with van der Waals surface area (Å²) in [6, 6.07) is 7.68. The molecule has 0 aliphatic heterocycles. The highest BCUT2D eigenvalue weighted by Gasteiger charge is 2.03. The minimum absolute atomic E-state index is 0.0206. The number of hydrogen-bond acceptors (Lipinski definition) is 3. The predicted octanol–water partition coefficient (Wildman–Crippen LogP) is 1.52. The highest BCUT2D eigenvalue weighted by Crippen LogP contribution is 2.06. The molecule has 0 saturated carbocycles. The molecule has 1 heterocycles. The minimum Gasteiger partial charge on any atom is -0.328 e. The first-order valence-corrected chi connectivity index (χ1v) is 5.89. The molecule has 0 spiro atoms. The highest BCUT2D eigenvalue weighted by molar-refractivity contribution is 5.80. The van der Waals surface area contributed by atoms with E-state index in [4.69, 9.17) is 5.73 Å². The van der Waals surface area contributed by atoms with E-state index in [2.05, 4.69) is 5.10 Å². The van der Waals surface area contributed by atoms with Crippen LogP contribution in [0.15, 0.2) is 35.3 Å². The van der Waals surface area contributed by atoms with Crippen molar-refractivity contribution in [1.82, 2.24) is 9.78 Å². The van der Waals surface area contributed by atoms with Gasteiger partial charge in [0, 0.05) is 18.0 Å². The van der Waals surface area contributed by atoms with Gasteiger partial charge in [0.25, 0.3) is 5.56 Å². The zero-order chi connectivity index (χ0) is 12.3. The molecule has 0 fully saturated rings. The summed E-state index contributed by atoms with van der Waals surface area (Å²) in [5, 5.41) is 5.78. The van der Waals surface area contributed by atoms with E-state index in [0.717, 1.165) is 23.6 Å². The van der Waals surface area contributed by atoms with Gasteiger partial charge in [-0.15, -0.1) is 0 Å². The second-order valence-electron chi connectivity index (χ2n) is 4.38. The quantitative estimate of drug-likeness (QED) is 0.868. The first-order chi connectivity index (χ1) is 8.18. The van der Waals surface area contributed by atoms with E-state index in [9.17, 15) is 4.79 Å². The smallest absolute Gasteiger partial charge is 0.274 e. The molecule has 0 aliphatic rings. The molecule has 0 bridgehead atoms. The number of fused-ring (bicyclic) bond motifs is 1. The number of aryl methyl sites for hydroxylation is 1. The van der Waals surface area contributed by atoms with E-state index >= 15 is 0 Å². The highest BCUT2D eigenvalue weighted by atomic mass is 16.1. The van der Waals surface area contributed by atoms with Crippen molar-refractivity contribution in [3.63, 3.8) is 0 Å². The summed E-state index contributed by atoms with van der Waals surface area (Å²) in [7, 11) is 0. The Labute approximate surface area is 100 Å². The van der Waals surface area contributed by atoms with Crippen molar-refractivity contribution in [1.29, 1.82) is 0 Å². The third-order valence-electron chi connectivity index (χ3n) is 2.79. The number of nitrogens with zero attached hydrogens (tertiary/aromatic N) is 2. The van der Waals surface area contributed by atoms with Crippen molar-refractivity contribution in [2.24, 2.45) is 5.73 Å². The number of benzene rings is 1. The lowest BCUT2D eigenvalue weighted by atomic mass is 10.2. The Kier molecular flexibility index (Phi) is 3.54. The summed E-state index contributed by atoms with van der Waals surface area (Å²) in [5.41, 5.74) is 5.66. The van der Waals surface area contributed by atoms with Gasteiger partial charge in [0.1, 0.15) is 0 Å². The molecule has 1 aromatic carbocycles. The zero-order valence-electron chi connectivity index (χ0n) is 9.97. The Balaban J connectivity index is 2.24. The number of nitrogens with two attached hydrogens (primary N) is 1. The molecule has 0 amide bonds. The van der Waals surface area contributed by atoms with Gasteiger partial charge in [-0.25, -0.2) is 4.68 Å². The summed E-state index contributed by atoms with van der Waals surface area (Å²) < 4.78 is 1.52. The van der Waals surface area contributed by atoms with Crippen LogP contribution in [0, 0.1) is 0 Å². The fraction of sp³-hybridized carbons (Fsp3) is 0.385. The van der Waals surface area contributed by atoms with Crippen LogP contribution < -0.4 is 11.3 Å². The summed E-state index contributed by atoms with van der Waals surface area (Å²) in [4.78, 5) is 12.1.